The number of benzene rings is 2. The van der Waals surface area contributed by atoms with Gasteiger partial charge in [-0.15, -0.1) is 0 Å². The summed E-state index contributed by atoms with van der Waals surface area (Å²) in [4.78, 5) is 0. The lowest BCUT2D eigenvalue weighted by Gasteiger charge is -2.26. The summed E-state index contributed by atoms with van der Waals surface area (Å²) in [6.45, 7) is 4.44. The van der Waals surface area contributed by atoms with Gasteiger partial charge < -0.3 is 4.74 Å². The molecule has 3 rings (SSSR count). The Morgan fingerprint density at radius 3 is 2.55 bits per heavy atom. The molecule has 1 unspecified atom stereocenters. The van der Waals surface area contributed by atoms with E-state index in [0.717, 1.165) is 23.1 Å². The monoisotopic (exact) mass is 330 g/mol. The number of fused-ring (bicyclic) bond motifs is 1. The van der Waals surface area contributed by atoms with Gasteiger partial charge in [-0.25, -0.2) is 0 Å². The van der Waals surface area contributed by atoms with Crippen LogP contribution in [0, 0.1) is 0 Å². The summed E-state index contributed by atoms with van der Waals surface area (Å²) in [6.07, 6.45) is 2.31. The van der Waals surface area contributed by atoms with E-state index in [9.17, 15) is 0 Å². The zero-order valence-electron chi connectivity index (χ0n) is 11.9. The van der Waals surface area contributed by atoms with Crippen LogP contribution < -0.4 is 4.74 Å². The van der Waals surface area contributed by atoms with E-state index in [1.54, 1.807) is 0 Å². The minimum absolute atomic E-state index is 0.185. The van der Waals surface area contributed by atoms with Crippen molar-refractivity contribution in [2.75, 3.05) is 0 Å². The minimum Gasteiger partial charge on any atom is -0.485 e. The molecule has 1 atom stereocenters. The smallest absolute Gasteiger partial charge is 0.124 e. The molecule has 1 nitrogen and oxygen atoms in total. The van der Waals surface area contributed by atoms with Gasteiger partial charge in [0, 0.05) is 4.47 Å². The third kappa shape index (κ3) is 2.76. The molecule has 0 saturated carbocycles. The largest absolute Gasteiger partial charge is 0.485 e. The average molecular weight is 331 g/mol. The summed E-state index contributed by atoms with van der Waals surface area (Å²) in [6, 6.07) is 15.1. The van der Waals surface area contributed by atoms with Crippen LogP contribution in [0.2, 0.25) is 0 Å². The predicted octanol–water partition coefficient (Wildman–Crippen LogP) is 5.64. The SMILES string of the molecule is CC(C)c1ccc(C2CCc3cc(Br)ccc3O2)cc1. The van der Waals surface area contributed by atoms with Crippen molar-refractivity contribution in [2.45, 2.75) is 38.7 Å². The Morgan fingerprint density at radius 2 is 1.85 bits per heavy atom. The van der Waals surface area contributed by atoms with Crippen LogP contribution in [0.4, 0.5) is 0 Å². The summed E-state index contributed by atoms with van der Waals surface area (Å²) in [5, 5.41) is 0. The van der Waals surface area contributed by atoms with Crippen LogP contribution in [0.15, 0.2) is 46.9 Å². The van der Waals surface area contributed by atoms with Gasteiger partial charge in [0.05, 0.1) is 0 Å². The molecule has 2 heteroatoms. The van der Waals surface area contributed by atoms with Crippen LogP contribution in [-0.4, -0.2) is 0 Å². The summed E-state index contributed by atoms with van der Waals surface area (Å²) in [5.41, 5.74) is 3.96. The second-order valence-electron chi connectivity index (χ2n) is 5.72. The Kier molecular flexibility index (Phi) is 3.84. The molecule has 0 N–H and O–H groups in total. The van der Waals surface area contributed by atoms with Crippen LogP contribution in [0.25, 0.3) is 0 Å². The van der Waals surface area contributed by atoms with Crippen molar-refractivity contribution in [1.82, 2.24) is 0 Å². The van der Waals surface area contributed by atoms with Gasteiger partial charge in [0.15, 0.2) is 0 Å². The van der Waals surface area contributed by atoms with E-state index in [2.05, 4.69) is 66.2 Å². The molecule has 0 aliphatic carbocycles. The van der Waals surface area contributed by atoms with Crippen molar-refractivity contribution in [2.24, 2.45) is 0 Å². The van der Waals surface area contributed by atoms with Gasteiger partial charge in [-0.2, -0.15) is 0 Å². The molecule has 1 aliphatic heterocycles. The Morgan fingerprint density at radius 1 is 1.10 bits per heavy atom. The maximum atomic E-state index is 6.15. The Bertz CT molecular complexity index is 601. The Hall–Kier alpha value is -1.28. The number of halogens is 1. The lowest BCUT2D eigenvalue weighted by atomic mass is 9.95. The van der Waals surface area contributed by atoms with E-state index >= 15 is 0 Å². The second-order valence-corrected chi connectivity index (χ2v) is 6.63. The fraction of sp³-hybridized carbons (Fsp3) is 0.333. The van der Waals surface area contributed by atoms with E-state index in [1.165, 1.54) is 16.7 Å². The van der Waals surface area contributed by atoms with Gasteiger partial charge in [-0.1, -0.05) is 54.0 Å². The first-order chi connectivity index (χ1) is 9.63. The first-order valence-electron chi connectivity index (χ1n) is 7.18. The number of hydrogen-bond donors (Lipinski definition) is 0. The molecule has 0 aromatic heterocycles. The van der Waals surface area contributed by atoms with Gasteiger partial charge in [-0.3, -0.25) is 0 Å². The van der Waals surface area contributed by atoms with Crippen molar-refractivity contribution in [3.05, 3.63) is 63.6 Å². The maximum absolute atomic E-state index is 6.15. The van der Waals surface area contributed by atoms with Crippen molar-refractivity contribution in [3.8, 4) is 5.75 Å². The lowest BCUT2D eigenvalue weighted by Crippen LogP contribution is -2.15. The number of ether oxygens (including phenoxy) is 1. The van der Waals surface area contributed by atoms with Crippen molar-refractivity contribution in [1.29, 1.82) is 0 Å². The number of aryl methyl sites for hydroxylation is 1. The molecule has 1 aliphatic rings. The van der Waals surface area contributed by atoms with Crippen LogP contribution in [0.3, 0.4) is 0 Å². The third-order valence-corrected chi connectivity index (χ3v) is 4.44. The summed E-state index contributed by atoms with van der Waals surface area (Å²) in [5.74, 6) is 1.60. The summed E-state index contributed by atoms with van der Waals surface area (Å²) in [7, 11) is 0. The standard InChI is InChI=1S/C18H19BrO/c1-12(2)13-3-5-14(6-4-13)17-9-7-15-11-16(19)8-10-18(15)20-17/h3-6,8,10-12,17H,7,9H2,1-2H3. The van der Waals surface area contributed by atoms with Gasteiger partial charge in [0.2, 0.25) is 0 Å². The molecular formula is C18H19BrO. The van der Waals surface area contributed by atoms with Crippen LogP contribution >= 0.6 is 15.9 Å². The highest BCUT2D eigenvalue weighted by Crippen LogP contribution is 2.36. The molecular weight excluding hydrogens is 312 g/mol. The van der Waals surface area contributed by atoms with Crippen LogP contribution in [-0.2, 0) is 6.42 Å². The maximum Gasteiger partial charge on any atom is 0.124 e. The molecule has 0 fully saturated rings. The van der Waals surface area contributed by atoms with Crippen LogP contribution in [0.5, 0.6) is 5.75 Å². The summed E-state index contributed by atoms with van der Waals surface area (Å²) < 4.78 is 7.28. The average Bonchev–Trinajstić information content (AvgIpc) is 2.47. The lowest BCUT2D eigenvalue weighted by molar-refractivity contribution is 0.176. The topological polar surface area (TPSA) is 9.23 Å². The highest BCUT2D eigenvalue weighted by molar-refractivity contribution is 9.10. The van der Waals surface area contributed by atoms with E-state index in [-0.39, 0.29) is 6.10 Å². The van der Waals surface area contributed by atoms with E-state index in [4.69, 9.17) is 4.74 Å². The molecule has 2 aromatic rings. The predicted molar refractivity (Wildman–Crippen MR) is 86.4 cm³/mol. The highest BCUT2D eigenvalue weighted by Gasteiger charge is 2.21. The molecule has 1 heterocycles. The number of hydrogen-bond acceptors (Lipinski definition) is 1. The van der Waals surface area contributed by atoms with E-state index < -0.39 is 0 Å². The fourth-order valence-electron chi connectivity index (χ4n) is 2.69. The fourth-order valence-corrected chi connectivity index (χ4v) is 3.10. The van der Waals surface area contributed by atoms with Crippen molar-refractivity contribution >= 4 is 15.9 Å². The van der Waals surface area contributed by atoms with Gasteiger partial charge in [0.25, 0.3) is 0 Å². The van der Waals surface area contributed by atoms with Crippen LogP contribution in [0.1, 0.15) is 49.0 Å². The molecule has 0 amide bonds. The second kappa shape index (κ2) is 5.61. The molecule has 2 aromatic carbocycles. The molecule has 0 bridgehead atoms. The first-order valence-corrected chi connectivity index (χ1v) is 7.98. The Balaban J connectivity index is 1.81. The third-order valence-electron chi connectivity index (χ3n) is 3.94. The summed E-state index contributed by atoms with van der Waals surface area (Å²) >= 11 is 3.52. The van der Waals surface area contributed by atoms with E-state index in [0.29, 0.717) is 5.92 Å². The van der Waals surface area contributed by atoms with Crippen molar-refractivity contribution < 1.29 is 4.74 Å². The molecule has 0 radical (unpaired) electrons. The van der Waals surface area contributed by atoms with Gasteiger partial charge in [0.1, 0.15) is 11.9 Å². The quantitative estimate of drug-likeness (QED) is 0.692. The zero-order valence-corrected chi connectivity index (χ0v) is 13.5. The molecule has 0 spiro atoms. The normalized spacial score (nSPS) is 17.7. The molecule has 104 valence electrons. The van der Waals surface area contributed by atoms with Crippen molar-refractivity contribution in [3.63, 3.8) is 0 Å². The van der Waals surface area contributed by atoms with E-state index in [1.807, 2.05) is 6.07 Å². The molecule has 0 saturated heterocycles. The van der Waals surface area contributed by atoms with Gasteiger partial charge >= 0.3 is 0 Å². The molecule has 20 heavy (non-hydrogen) atoms. The Labute approximate surface area is 129 Å². The minimum atomic E-state index is 0.185. The zero-order chi connectivity index (χ0) is 14.1. The first kappa shape index (κ1) is 13.7. The number of rotatable bonds is 2. The highest BCUT2D eigenvalue weighted by atomic mass is 79.9. The van der Waals surface area contributed by atoms with Gasteiger partial charge in [-0.05, 0) is 53.6 Å².